The quantitative estimate of drug-likeness (QED) is 0.822. The van der Waals surface area contributed by atoms with Gasteiger partial charge in [0.05, 0.1) is 12.6 Å². The fraction of sp³-hybridized carbons (Fsp3) is 0.462. The average Bonchev–Trinajstić information content (AvgIpc) is 2.38. The number of aliphatic hydroxyl groups excluding tert-OH is 1. The van der Waals surface area contributed by atoms with E-state index in [9.17, 15) is 9.90 Å². The smallest absolute Gasteiger partial charge is 0.239 e. The molecule has 1 heterocycles. The van der Waals surface area contributed by atoms with Crippen LogP contribution in [0, 0.1) is 0 Å². The lowest BCUT2D eigenvalue weighted by molar-refractivity contribution is -0.120. The molecule has 0 bridgehead atoms. The van der Waals surface area contributed by atoms with Gasteiger partial charge in [-0.1, -0.05) is 19.1 Å². The van der Waals surface area contributed by atoms with Crippen molar-refractivity contribution in [1.29, 1.82) is 0 Å². The van der Waals surface area contributed by atoms with Crippen LogP contribution in [-0.4, -0.2) is 30.6 Å². The molecule has 0 aromatic heterocycles. The molecule has 1 saturated heterocycles. The van der Waals surface area contributed by atoms with E-state index < -0.39 is 6.10 Å². The molecule has 0 spiro atoms. The SMILES string of the molecule is CC[C@@H](O)c1ccc(N2CCNC(=O)C2)cc1. The van der Waals surface area contributed by atoms with Crippen molar-refractivity contribution in [3.8, 4) is 0 Å². The number of anilines is 1. The van der Waals surface area contributed by atoms with Gasteiger partial charge in [-0.2, -0.15) is 0 Å². The molecule has 1 fully saturated rings. The highest BCUT2D eigenvalue weighted by atomic mass is 16.3. The fourth-order valence-corrected chi connectivity index (χ4v) is 2.00. The van der Waals surface area contributed by atoms with E-state index in [1.54, 1.807) is 0 Å². The zero-order valence-corrected chi connectivity index (χ0v) is 10.0. The molecule has 0 saturated carbocycles. The summed E-state index contributed by atoms with van der Waals surface area (Å²) in [5.74, 6) is 0.0638. The summed E-state index contributed by atoms with van der Waals surface area (Å²) in [4.78, 5) is 13.3. The van der Waals surface area contributed by atoms with Crippen molar-refractivity contribution in [3.63, 3.8) is 0 Å². The Labute approximate surface area is 101 Å². The van der Waals surface area contributed by atoms with Crippen molar-refractivity contribution in [2.24, 2.45) is 0 Å². The van der Waals surface area contributed by atoms with Crippen LogP contribution in [0.15, 0.2) is 24.3 Å². The van der Waals surface area contributed by atoms with E-state index in [1.807, 2.05) is 36.1 Å². The number of carbonyl (C=O) groups excluding carboxylic acids is 1. The van der Waals surface area contributed by atoms with Crippen LogP contribution in [0.1, 0.15) is 25.0 Å². The van der Waals surface area contributed by atoms with Crippen molar-refractivity contribution in [1.82, 2.24) is 5.32 Å². The van der Waals surface area contributed by atoms with E-state index in [-0.39, 0.29) is 5.91 Å². The number of hydrogen-bond acceptors (Lipinski definition) is 3. The van der Waals surface area contributed by atoms with Crippen molar-refractivity contribution < 1.29 is 9.90 Å². The Hall–Kier alpha value is -1.55. The molecule has 0 aliphatic carbocycles. The summed E-state index contributed by atoms with van der Waals surface area (Å²) in [5.41, 5.74) is 1.96. The van der Waals surface area contributed by atoms with Crippen molar-refractivity contribution in [2.75, 3.05) is 24.5 Å². The number of rotatable bonds is 3. The van der Waals surface area contributed by atoms with Crippen molar-refractivity contribution >= 4 is 11.6 Å². The number of benzene rings is 1. The van der Waals surface area contributed by atoms with Gasteiger partial charge in [0.2, 0.25) is 5.91 Å². The molecule has 0 unspecified atom stereocenters. The highest BCUT2D eigenvalue weighted by molar-refractivity contribution is 5.82. The molecule has 4 nitrogen and oxygen atoms in total. The van der Waals surface area contributed by atoms with Crippen LogP contribution in [-0.2, 0) is 4.79 Å². The Bertz CT molecular complexity index is 389. The molecule has 92 valence electrons. The molecule has 2 rings (SSSR count). The minimum atomic E-state index is -0.395. The number of hydrogen-bond donors (Lipinski definition) is 2. The summed E-state index contributed by atoms with van der Waals surface area (Å²) in [7, 11) is 0. The molecule has 1 aromatic carbocycles. The Morgan fingerprint density at radius 1 is 1.41 bits per heavy atom. The van der Waals surface area contributed by atoms with E-state index in [0.29, 0.717) is 19.5 Å². The van der Waals surface area contributed by atoms with E-state index >= 15 is 0 Å². The molecule has 2 N–H and O–H groups in total. The van der Waals surface area contributed by atoms with Crippen LogP contribution in [0.2, 0.25) is 0 Å². The topological polar surface area (TPSA) is 52.6 Å². The normalized spacial score (nSPS) is 17.8. The second-order valence-electron chi connectivity index (χ2n) is 4.29. The number of carbonyl (C=O) groups is 1. The van der Waals surface area contributed by atoms with Gasteiger partial charge in [0.15, 0.2) is 0 Å². The minimum absolute atomic E-state index is 0.0638. The molecule has 4 heteroatoms. The van der Waals surface area contributed by atoms with Crippen LogP contribution in [0.4, 0.5) is 5.69 Å². The molecule has 0 radical (unpaired) electrons. The predicted octanol–water partition coefficient (Wildman–Crippen LogP) is 1.07. The fourth-order valence-electron chi connectivity index (χ4n) is 2.00. The van der Waals surface area contributed by atoms with Gasteiger partial charge in [-0.15, -0.1) is 0 Å². The predicted molar refractivity (Wildman–Crippen MR) is 66.9 cm³/mol. The van der Waals surface area contributed by atoms with Gasteiger partial charge < -0.3 is 15.3 Å². The van der Waals surface area contributed by atoms with E-state index in [4.69, 9.17) is 0 Å². The van der Waals surface area contributed by atoms with Crippen molar-refractivity contribution in [2.45, 2.75) is 19.4 Å². The second kappa shape index (κ2) is 5.19. The minimum Gasteiger partial charge on any atom is -0.388 e. The van der Waals surface area contributed by atoms with E-state index in [1.165, 1.54) is 0 Å². The highest BCUT2D eigenvalue weighted by Crippen LogP contribution is 2.21. The Morgan fingerprint density at radius 3 is 2.71 bits per heavy atom. The molecular weight excluding hydrogens is 216 g/mol. The lowest BCUT2D eigenvalue weighted by atomic mass is 10.1. The van der Waals surface area contributed by atoms with E-state index in [2.05, 4.69) is 5.32 Å². The maximum absolute atomic E-state index is 11.3. The summed E-state index contributed by atoms with van der Waals surface area (Å²) in [6, 6.07) is 7.78. The van der Waals surface area contributed by atoms with E-state index in [0.717, 1.165) is 17.8 Å². The first-order chi connectivity index (χ1) is 8.20. The molecule has 1 aliphatic rings. The summed E-state index contributed by atoms with van der Waals surface area (Å²) in [5, 5.41) is 12.5. The van der Waals surface area contributed by atoms with Gasteiger partial charge in [-0.3, -0.25) is 4.79 Å². The summed E-state index contributed by atoms with van der Waals surface area (Å²) >= 11 is 0. The number of aliphatic hydroxyl groups is 1. The first-order valence-corrected chi connectivity index (χ1v) is 6.00. The third-order valence-electron chi connectivity index (χ3n) is 3.07. The standard InChI is InChI=1S/C13H18N2O2/c1-2-12(16)10-3-5-11(6-4-10)15-8-7-14-13(17)9-15/h3-6,12,16H,2,7-9H2,1H3,(H,14,17)/t12-/m1/s1. The zero-order valence-electron chi connectivity index (χ0n) is 10.0. The van der Waals surface area contributed by atoms with Crippen LogP contribution < -0.4 is 10.2 Å². The Morgan fingerprint density at radius 2 is 2.12 bits per heavy atom. The summed E-state index contributed by atoms with van der Waals surface area (Å²) in [6.45, 7) is 3.89. The number of nitrogens with one attached hydrogen (secondary N) is 1. The van der Waals surface area contributed by atoms with Gasteiger partial charge in [-0.05, 0) is 24.1 Å². The first-order valence-electron chi connectivity index (χ1n) is 6.00. The Kier molecular flexibility index (Phi) is 3.64. The Balaban J connectivity index is 2.09. The van der Waals surface area contributed by atoms with Gasteiger partial charge in [0.25, 0.3) is 0 Å². The average molecular weight is 234 g/mol. The second-order valence-corrected chi connectivity index (χ2v) is 4.29. The van der Waals surface area contributed by atoms with Crippen LogP contribution in [0.5, 0.6) is 0 Å². The molecular formula is C13H18N2O2. The van der Waals surface area contributed by atoms with Gasteiger partial charge in [0, 0.05) is 18.8 Å². The summed E-state index contributed by atoms with van der Waals surface area (Å²) < 4.78 is 0. The largest absolute Gasteiger partial charge is 0.388 e. The monoisotopic (exact) mass is 234 g/mol. The zero-order chi connectivity index (χ0) is 12.3. The first kappa shape index (κ1) is 11.9. The molecule has 1 amide bonds. The number of nitrogens with zero attached hydrogens (tertiary/aromatic N) is 1. The summed E-state index contributed by atoms with van der Waals surface area (Å²) in [6.07, 6.45) is 0.319. The lowest BCUT2D eigenvalue weighted by Gasteiger charge is -2.28. The third-order valence-corrected chi connectivity index (χ3v) is 3.07. The maximum Gasteiger partial charge on any atom is 0.239 e. The van der Waals surface area contributed by atoms with Crippen LogP contribution >= 0.6 is 0 Å². The van der Waals surface area contributed by atoms with Gasteiger partial charge in [0.1, 0.15) is 0 Å². The number of amides is 1. The van der Waals surface area contributed by atoms with Gasteiger partial charge >= 0.3 is 0 Å². The molecule has 1 aliphatic heterocycles. The number of piperazine rings is 1. The van der Waals surface area contributed by atoms with Crippen molar-refractivity contribution in [3.05, 3.63) is 29.8 Å². The lowest BCUT2D eigenvalue weighted by Crippen LogP contribution is -2.47. The third kappa shape index (κ3) is 2.77. The molecule has 17 heavy (non-hydrogen) atoms. The maximum atomic E-state index is 11.3. The van der Waals surface area contributed by atoms with Crippen LogP contribution in [0.25, 0.3) is 0 Å². The van der Waals surface area contributed by atoms with Crippen LogP contribution in [0.3, 0.4) is 0 Å². The van der Waals surface area contributed by atoms with Gasteiger partial charge in [-0.25, -0.2) is 0 Å². The molecule has 1 aromatic rings. The molecule has 1 atom stereocenters. The highest BCUT2D eigenvalue weighted by Gasteiger charge is 2.16.